The van der Waals surface area contributed by atoms with Gasteiger partial charge in [0.05, 0.1) is 6.54 Å². The van der Waals surface area contributed by atoms with Crippen molar-refractivity contribution in [1.29, 1.82) is 0 Å². The maximum atomic E-state index is 13.3. The molecule has 0 unspecified atom stereocenters. The molecule has 4 aromatic rings. The molecule has 0 fully saturated rings. The molecule has 1 amide bonds. The van der Waals surface area contributed by atoms with Gasteiger partial charge in [-0.05, 0) is 35.9 Å². The van der Waals surface area contributed by atoms with Crippen LogP contribution in [0.5, 0.6) is 0 Å². The Morgan fingerprint density at radius 1 is 0.963 bits per heavy atom. The third-order valence-corrected chi connectivity index (χ3v) is 5.75. The molecule has 0 saturated carbocycles. The topological polar surface area (TPSA) is 38.1 Å². The Balaban J connectivity index is 1.52. The zero-order valence-electron chi connectivity index (χ0n) is 14.6. The second-order valence-corrected chi connectivity index (χ2v) is 7.46. The van der Waals surface area contributed by atoms with E-state index in [2.05, 4.69) is 27.9 Å². The van der Waals surface area contributed by atoms with E-state index in [0.29, 0.717) is 12.1 Å². The van der Waals surface area contributed by atoms with Crippen molar-refractivity contribution in [3.05, 3.63) is 95.3 Å². The van der Waals surface area contributed by atoms with Crippen molar-refractivity contribution in [2.75, 3.05) is 4.90 Å². The highest BCUT2D eigenvalue weighted by Gasteiger charge is 2.24. The molecule has 3 heterocycles. The molecule has 1 aliphatic heterocycles. The lowest BCUT2D eigenvalue weighted by Gasteiger charge is -2.23. The molecule has 0 radical (unpaired) electrons. The Hall–Kier alpha value is -3.18. The molecule has 0 N–H and O–H groups in total. The number of rotatable bonds is 2. The Labute approximate surface area is 161 Å². The number of anilines is 1. The minimum atomic E-state index is 0.0165. The number of thiazole rings is 1. The molecule has 0 spiro atoms. The van der Waals surface area contributed by atoms with Crippen LogP contribution in [0.15, 0.2) is 78.4 Å². The Morgan fingerprint density at radius 3 is 2.63 bits per heavy atom. The molecule has 0 atom stereocenters. The fourth-order valence-electron chi connectivity index (χ4n) is 3.54. The van der Waals surface area contributed by atoms with Gasteiger partial charge in [-0.15, -0.1) is 11.3 Å². The average molecular weight is 371 g/mol. The number of para-hydroxylation sites is 1. The van der Waals surface area contributed by atoms with Crippen molar-refractivity contribution in [3.63, 3.8) is 0 Å². The van der Waals surface area contributed by atoms with E-state index in [1.54, 1.807) is 17.5 Å². The van der Waals surface area contributed by atoms with E-state index in [4.69, 9.17) is 0 Å². The minimum Gasteiger partial charge on any atom is -0.345 e. The van der Waals surface area contributed by atoms with Gasteiger partial charge in [-0.2, -0.15) is 0 Å². The van der Waals surface area contributed by atoms with Gasteiger partial charge in [-0.3, -0.25) is 4.79 Å². The molecule has 4 nitrogen and oxygen atoms in total. The van der Waals surface area contributed by atoms with E-state index in [1.807, 2.05) is 58.8 Å². The number of hydrogen-bond acceptors (Lipinski definition) is 3. The maximum absolute atomic E-state index is 13.3. The first-order valence-corrected chi connectivity index (χ1v) is 9.71. The second kappa shape index (κ2) is 6.52. The number of carbonyl (C=O) groups is 1. The van der Waals surface area contributed by atoms with Crippen molar-refractivity contribution in [3.8, 4) is 10.6 Å². The van der Waals surface area contributed by atoms with Crippen LogP contribution in [0, 0.1) is 0 Å². The van der Waals surface area contributed by atoms with Gasteiger partial charge in [0.25, 0.3) is 5.91 Å². The Morgan fingerprint density at radius 2 is 1.81 bits per heavy atom. The zero-order chi connectivity index (χ0) is 18.2. The van der Waals surface area contributed by atoms with Gasteiger partial charge >= 0.3 is 0 Å². The quantitative estimate of drug-likeness (QED) is 0.507. The van der Waals surface area contributed by atoms with Crippen LogP contribution in [0.1, 0.15) is 21.6 Å². The summed E-state index contributed by atoms with van der Waals surface area (Å²) in [6.45, 7) is 1.35. The number of benzene rings is 2. The largest absolute Gasteiger partial charge is 0.345 e. The molecular weight excluding hydrogens is 354 g/mol. The summed E-state index contributed by atoms with van der Waals surface area (Å²) in [5, 5.41) is 2.92. The fourth-order valence-corrected chi connectivity index (χ4v) is 4.19. The fraction of sp³-hybridized carbons (Fsp3) is 0.0909. The third kappa shape index (κ3) is 2.86. The van der Waals surface area contributed by atoms with Crippen LogP contribution in [-0.4, -0.2) is 15.5 Å². The average Bonchev–Trinajstić information content (AvgIpc) is 3.37. The molecule has 5 heteroatoms. The lowest BCUT2D eigenvalue weighted by atomic mass is 10.1. The van der Waals surface area contributed by atoms with Crippen LogP contribution in [0.4, 0.5) is 5.69 Å². The predicted octanol–water partition coefficient (Wildman–Crippen LogP) is 4.82. The van der Waals surface area contributed by atoms with E-state index in [0.717, 1.165) is 34.1 Å². The van der Waals surface area contributed by atoms with Crippen LogP contribution in [0.25, 0.3) is 10.6 Å². The van der Waals surface area contributed by atoms with Crippen molar-refractivity contribution < 1.29 is 4.79 Å². The summed E-state index contributed by atoms with van der Waals surface area (Å²) >= 11 is 1.60. The SMILES string of the molecule is O=C(c1ccc(-c2nccs2)cc1)N1Cc2cccn2Cc2ccccc21. The van der Waals surface area contributed by atoms with Gasteiger partial charge in [0.1, 0.15) is 5.01 Å². The third-order valence-electron chi connectivity index (χ3n) is 4.92. The van der Waals surface area contributed by atoms with Crippen molar-refractivity contribution in [1.82, 2.24) is 9.55 Å². The van der Waals surface area contributed by atoms with Crippen molar-refractivity contribution in [2.24, 2.45) is 0 Å². The molecule has 0 bridgehead atoms. The molecule has 2 aromatic heterocycles. The van der Waals surface area contributed by atoms with Gasteiger partial charge in [-0.25, -0.2) is 4.98 Å². The normalized spacial score (nSPS) is 13.0. The number of aromatic nitrogens is 2. The highest BCUT2D eigenvalue weighted by atomic mass is 32.1. The maximum Gasteiger partial charge on any atom is 0.258 e. The Kier molecular flexibility index (Phi) is 3.87. The summed E-state index contributed by atoms with van der Waals surface area (Å²) < 4.78 is 2.21. The molecule has 2 aromatic carbocycles. The van der Waals surface area contributed by atoms with Crippen molar-refractivity contribution >= 4 is 22.9 Å². The number of fused-ring (bicyclic) bond motifs is 2. The van der Waals surface area contributed by atoms with E-state index in [-0.39, 0.29) is 5.91 Å². The van der Waals surface area contributed by atoms with Gasteiger partial charge in [0.15, 0.2) is 0 Å². The predicted molar refractivity (Wildman–Crippen MR) is 108 cm³/mol. The summed E-state index contributed by atoms with van der Waals surface area (Å²) in [5.74, 6) is 0.0165. The highest BCUT2D eigenvalue weighted by Crippen LogP contribution is 2.29. The van der Waals surface area contributed by atoms with Crippen LogP contribution in [0.3, 0.4) is 0 Å². The monoisotopic (exact) mass is 371 g/mol. The Bertz CT molecular complexity index is 1100. The number of nitrogens with zero attached hydrogens (tertiary/aromatic N) is 3. The van der Waals surface area contributed by atoms with Gasteiger partial charge < -0.3 is 9.47 Å². The second-order valence-electron chi connectivity index (χ2n) is 6.56. The van der Waals surface area contributed by atoms with Crippen LogP contribution in [-0.2, 0) is 13.1 Å². The minimum absolute atomic E-state index is 0.0165. The smallest absolute Gasteiger partial charge is 0.258 e. The molecule has 27 heavy (non-hydrogen) atoms. The van der Waals surface area contributed by atoms with Crippen LogP contribution < -0.4 is 4.90 Å². The molecule has 0 saturated heterocycles. The number of carbonyl (C=O) groups excluding carboxylic acids is 1. The van der Waals surface area contributed by atoms with Gasteiger partial charge in [0, 0.05) is 46.8 Å². The lowest BCUT2D eigenvalue weighted by Crippen LogP contribution is -2.30. The standard InChI is InChI=1S/C22H17N3OS/c26-22(17-9-7-16(8-10-17)21-23-11-13-27-21)25-15-19-5-3-12-24(19)14-18-4-1-2-6-20(18)25/h1-13H,14-15H2. The molecular formula is C22H17N3OS. The van der Waals surface area contributed by atoms with E-state index >= 15 is 0 Å². The van der Waals surface area contributed by atoms with E-state index in [1.165, 1.54) is 0 Å². The first kappa shape index (κ1) is 16.0. The first-order chi connectivity index (χ1) is 13.3. The molecule has 132 valence electrons. The molecule has 0 aliphatic carbocycles. The summed E-state index contributed by atoms with van der Waals surface area (Å²) in [6, 6.07) is 20.0. The van der Waals surface area contributed by atoms with E-state index in [9.17, 15) is 4.79 Å². The first-order valence-electron chi connectivity index (χ1n) is 8.83. The molecule has 1 aliphatic rings. The van der Waals surface area contributed by atoms with Crippen LogP contribution >= 0.6 is 11.3 Å². The highest BCUT2D eigenvalue weighted by molar-refractivity contribution is 7.13. The van der Waals surface area contributed by atoms with E-state index < -0.39 is 0 Å². The van der Waals surface area contributed by atoms with Crippen molar-refractivity contribution in [2.45, 2.75) is 13.1 Å². The van der Waals surface area contributed by atoms with Crippen LogP contribution in [0.2, 0.25) is 0 Å². The summed E-state index contributed by atoms with van der Waals surface area (Å²) in [7, 11) is 0. The molecule has 5 rings (SSSR count). The lowest BCUT2D eigenvalue weighted by molar-refractivity contribution is 0.0985. The van der Waals surface area contributed by atoms with Gasteiger partial charge in [0.2, 0.25) is 0 Å². The summed E-state index contributed by atoms with van der Waals surface area (Å²) in [5.41, 5.74) is 4.99. The summed E-state index contributed by atoms with van der Waals surface area (Å²) in [6.07, 6.45) is 3.87. The van der Waals surface area contributed by atoms with Gasteiger partial charge in [-0.1, -0.05) is 30.3 Å². The number of amides is 1. The summed E-state index contributed by atoms with van der Waals surface area (Å²) in [4.78, 5) is 19.6. The zero-order valence-corrected chi connectivity index (χ0v) is 15.4. The number of hydrogen-bond donors (Lipinski definition) is 0.